The van der Waals surface area contributed by atoms with E-state index in [9.17, 15) is 27.1 Å². The van der Waals surface area contributed by atoms with E-state index in [2.05, 4.69) is 5.32 Å². The number of nitrogens with one attached hydrogen (secondary N) is 1. The third-order valence-corrected chi connectivity index (χ3v) is 8.21. The van der Waals surface area contributed by atoms with Crippen LogP contribution in [0.2, 0.25) is 0 Å². The molecule has 0 radical (unpaired) electrons. The van der Waals surface area contributed by atoms with Gasteiger partial charge in [-0.25, -0.2) is 22.0 Å². The molecule has 0 fully saturated rings. The van der Waals surface area contributed by atoms with Crippen molar-refractivity contribution in [3.63, 3.8) is 0 Å². The lowest BCUT2D eigenvalue weighted by molar-refractivity contribution is 0.0989. The second-order valence-corrected chi connectivity index (χ2v) is 11.8. The van der Waals surface area contributed by atoms with Crippen LogP contribution in [0.4, 0.5) is 13.6 Å². The summed E-state index contributed by atoms with van der Waals surface area (Å²) in [5.41, 5.74) is 3.07. The number of hydrogen-bond donors (Lipinski definition) is 2. The van der Waals surface area contributed by atoms with Crippen LogP contribution in [0.3, 0.4) is 0 Å². The number of carbonyl (C=O) groups excluding carboxylic acids is 1. The van der Waals surface area contributed by atoms with Crippen LogP contribution >= 0.6 is 0 Å². The number of rotatable bonds is 10. The van der Waals surface area contributed by atoms with Crippen molar-refractivity contribution in [2.75, 3.05) is 25.4 Å². The first-order valence-electron chi connectivity index (χ1n) is 12.8. The lowest BCUT2D eigenvalue weighted by Crippen LogP contribution is -2.45. The third kappa shape index (κ3) is 8.08. The maximum Gasteiger partial charge on any atom is 0.415 e. The van der Waals surface area contributed by atoms with E-state index in [1.54, 1.807) is 30.3 Å². The topological polar surface area (TPSA) is 95.9 Å². The number of fused-ring (bicyclic) bond motifs is 1. The number of carbonyl (C=O) groups is 1. The average Bonchev–Trinajstić information content (AvgIpc) is 2.89. The highest BCUT2D eigenvalue weighted by molar-refractivity contribution is 7.90. The van der Waals surface area contributed by atoms with Crippen LogP contribution in [0, 0.1) is 11.6 Å². The van der Waals surface area contributed by atoms with E-state index in [1.165, 1.54) is 17.0 Å². The monoisotopic (exact) mass is 558 g/mol. The van der Waals surface area contributed by atoms with E-state index in [0.717, 1.165) is 29.2 Å². The Morgan fingerprint density at radius 1 is 1.08 bits per heavy atom. The summed E-state index contributed by atoms with van der Waals surface area (Å²) in [5, 5.41) is 14.0. The number of nitrogens with zero attached hydrogens (tertiary/aromatic N) is 1. The highest BCUT2D eigenvalue weighted by Gasteiger charge is 2.30. The van der Waals surface area contributed by atoms with Crippen molar-refractivity contribution in [2.24, 2.45) is 0 Å². The Labute approximate surface area is 227 Å². The Bertz CT molecular complexity index is 1380. The van der Waals surface area contributed by atoms with Crippen molar-refractivity contribution in [1.82, 2.24) is 10.2 Å². The van der Waals surface area contributed by atoms with Crippen LogP contribution in [0.1, 0.15) is 35.2 Å². The first kappa shape index (κ1) is 28.7. The highest BCUT2D eigenvalue weighted by atomic mass is 32.2. The van der Waals surface area contributed by atoms with Crippen LogP contribution in [0.15, 0.2) is 66.7 Å². The molecule has 1 amide bonds. The molecule has 2 N–H and O–H groups in total. The molecule has 3 aromatic carbocycles. The van der Waals surface area contributed by atoms with Gasteiger partial charge < -0.3 is 20.1 Å². The van der Waals surface area contributed by atoms with Crippen molar-refractivity contribution < 1.29 is 31.8 Å². The van der Waals surface area contributed by atoms with Gasteiger partial charge in [0.25, 0.3) is 0 Å². The fourth-order valence-corrected chi connectivity index (χ4v) is 6.32. The fraction of sp³-hybridized carbons (Fsp3) is 0.345. The summed E-state index contributed by atoms with van der Waals surface area (Å²) in [7, 11) is -3.32. The Balaban J connectivity index is 1.45. The van der Waals surface area contributed by atoms with Gasteiger partial charge in [0.15, 0.2) is 9.84 Å². The quantitative estimate of drug-likeness (QED) is 0.388. The van der Waals surface area contributed by atoms with Gasteiger partial charge >= 0.3 is 6.09 Å². The number of halogens is 2. The van der Waals surface area contributed by atoms with Gasteiger partial charge in [-0.3, -0.25) is 0 Å². The van der Waals surface area contributed by atoms with E-state index < -0.39 is 39.7 Å². The Kier molecular flexibility index (Phi) is 9.32. The summed E-state index contributed by atoms with van der Waals surface area (Å²) >= 11 is 0. The minimum Gasteiger partial charge on any atom is -0.410 e. The first-order valence-corrected chi connectivity index (χ1v) is 14.6. The Hall–Kier alpha value is -3.34. The van der Waals surface area contributed by atoms with Crippen molar-refractivity contribution in [1.29, 1.82) is 0 Å². The standard InChI is InChI=1S/C29H32F2N2O5S/c1-2-20-8-9-22-18-39(36,37)19-28(27(22)14-20)32-16-25(34)17-33(29(35)38-26-6-4-3-5-7-26)11-10-21-12-23(30)15-24(31)13-21/h3-9,12-15,25,28,32,34H,2,10-11,16-19H2,1H3. The number of ether oxygens (including phenoxy) is 1. The van der Waals surface area contributed by atoms with Crippen molar-refractivity contribution in [3.8, 4) is 5.75 Å². The van der Waals surface area contributed by atoms with Gasteiger partial charge in [0.1, 0.15) is 17.4 Å². The molecule has 3 aromatic rings. The predicted molar refractivity (Wildman–Crippen MR) is 144 cm³/mol. The normalized spacial score (nSPS) is 16.8. The number of hydrogen-bond acceptors (Lipinski definition) is 6. The average molecular weight is 559 g/mol. The van der Waals surface area contributed by atoms with Gasteiger partial charge in [-0.05, 0) is 59.4 Å². The van der Waals surface area contributed by atoms with E-state index >= 15 is 0 Å². The molecule has 7 nitrogen and oxygen atoms in total. The number of benzene rings is 3. The molecular weight excluding hydrogens is 526 g/mol. The molecule has 2 unspecified atom stereocenters. The van der Waals surface area contributed by atoms with Crippen molar-refractivity contribution in [3.05, 3.63) is 101 Å². The molecule has 1 aliphatic rings. The molecule has 0 saturated heterocycles. The number of sulfone groups is 1. The van der Waals surface area contributed by atoms with Crippen LogP contribution in [0.25, 0.3) is 0 Å². The van der Waals surface area contributed by atoms with Gasteiger partial charge in [-0.15, -0.1) is 0 Å². The van der Waals surface area contributed by atoms with Crippen LogP contribution in [-0.4, -0.2) is 56.0 Å². The maximum atomic E-state index is 13.7. The van der Waals surface area contributed by atoms with Gasteiger partial charge in [0.2, 0.25) is 0 Å². The molecule has 1 heterocycles. The number of amides is 1. The molecule has 10 heteroatoms. The summed E-state index contributed by atoms with van der Waals surface area (Å²) in [6.45, 7) is 1.93. The summed E-state index contributed by atoms with van der Waals surface area (Å²) in [5.74, 6) is -1.24. The Morgan fingerprint density at radius 2 is 1.79 bits per heavy atom. The Morgan fingerprint density at radius 3 is 2.49 bits per heavy atom. The summed E-state index contributed by atoms with van der Waals surface area (Å²) < 4.78 is 57.8. The highest BCUT2D eigenvalue weighted by Crippen LogP contribution is 2.29. The van der Waals surface area contributed by atoms with Gasteiger partial charge in [0.05, 0.1) is 24.2 Å². The van der Waals surface area contributed by atoms with E-state index in [1.807, 2.05) is 25.1 Å². The minimum atomic E-state index is -3.32. The maximum absolute atomic E-state index is 13.7. The number of para-hydroxylation sites is 1. The van der Waals surface area contributed by atoms with E-state index in [4.69, 9.17) is 4.74 Å². The molecule has 2 atom stereocenters. The molecule has 0 bridgehead atoms. The zero-order valence-corrected chi connectivity index (χ0v) is 22.5. The first-order chi connectivity index (χ1) is 18.6. The van der Waals surface area contributed by atoms with E-state index in [-0.39, 0.29) is 37.6 Å². The molecule has 0 aliphatic carbocycles. The van der Waals surface area contributed by atoms with Crippen molar-refractivity contribution in [2.45, 2.75) is 37.7 Å². The summed E-state index contributed by atoms with van der Waals surface area (Å²) in [6.07, 6.45) is -0.856. The molecule has 208 valence electrons. The number of aliphatic hydroxyl groups is 1. The molecule has 1 aliphatic heterocycles. The number of aliphatic hydroxyl groups excluding tert-OH is 1. The smallest absolute Gasteiger partial charge is 0.410 e. The van der Waals surface area contributed by atoms with E-state index in [0.29, 0.717) is 11.3 Å². The largest absolute Gasteiger partial charge is 0.415 e. The van der Waals surface area contributed by atoms with Gasteiger partial charge in [-0.1, -0.05) is 43.3 Å². The SMILES string of the molecule is CCc1ccc2c(c1)C(NCC(O)CN(CCc1cc(F)cc(F)c1)C(=O)Oc1ccccc1)CS(=O)(=O)C2. The molecule has 39 heavy (non-hydrogen) atoms. The number of aryl methyl sites for hydroxylation is 1. The zero-order valence-electron chi connectivity index (χ0n) is 21.6. The molecule has 0 spiro atoms. The summed E-state index contributed by atoms with van der Waals surface area (Å²) in [4.78, 5) is 14.2. The second-order valence-electron chi connectivity index (χ2n) is 9.71. The molecular formula is C29H32F2N2O5S. The molecule has 0 saturated carbocycles. The van der Waals surface area contributed by atoms with Crippen molar-refractivity contribution >= 4 is 15.9 Å². The third-order valence-electron chi connectivity index (χ3n) is 6.62. The molecule has 0 aromatic heterocycles. The minimum absolute atomic E-state index is 0.0136. The van der Waals surface area contributed by atoms with Gasteiger partial charge in [0, 0.05) is 25.2 Å². The zero-order chi connectivity index (χ0) is 28.0. The lowest BCUT2D eigenvalue weighted by atomic mass is 9.98. The lowest BCUT2D eigenvalue weighted by Gasteiger charge is -2.29. The summed E-state index contributed by atoms with van der Waals surface area (Å²) in [6, 6.07) is 16.8. The van der Waals surface area contributed by atoms with Crippen LogP contribution in [-0.2, 0) is 28.4 Å². The van der Waals surface area contributed by atoms with Crippen LogP contribution < -0.4 is 10.1 Å². The molecule has 4 rings (SSSR count). The second kappa shape index (κ2) is 12.7. The predicted octanol–water partition coefficient (Wildman–Crippen LogP) is 4.19. The van der Waals surface area contributed by atoms with Crippen LogP contribution in [0.5, 0.6) is 5.75 Å². The van der Waals surface area contributed by atoms with Gasteiger partial charge in [-0.2, -0.15) is 0 Å². The fourth-order valence-electron chi connectivity index (χ4n) is 4.66.